The topological polar surface area (TPSA) is 27.6 Å². The van der Waals surface area contributed by atoms with Crippen molar-refractivity contribution in [2.24, 2.45) is 5.10 Å². The van der Waals surface area contributed by atoms with Crippen molar-refractivity contribution in [3.8, 4) is 0 Å². The molecule has 0 aromatic heterocycles. The van der Waals surface area contributed by atoms with Gasteiger partial charge in [-0.3, -0.25) is 0 Å². The first-order valence-electron chi connectivity index (χ1n) is 7.08. The first kappa shape index (κ1) is 15.0. The molecule has 0 amide bonds. The van der Waals surface area contributed by atoms with E-state index in [0.29, 0.717) is 5.11 Å². The van der Waals surface area contributed by atoms with E-state index in [9.17, 15) is 0 Å². The first-order chi connectivity index (χ1) is 10.7. The molecule has 0 spiro atoms. The van der Waals surface area contributed by atoms with Crippen LogP contribution >= 0.6 is 23.8 Å². The molecule has 5 heteroatoms. The molecule has 0 aliphatic carbocycles. The van der Waals surface area contributed by atoms with Gasteiger partial charge in [0.15, 0.2) is 5.11 Å². The molecule has 22 heavy (non-hydrogen) atoms. The lowest BCUT2D eigenvalue weighted by Gasteiger charge is -2.23. The van der Waals surface area contributed by atoms with Gasteiger partial charge in [0.2, 0.25) is 0 Å². The number of hydrogen-bond donors (Lipinski definition) is 1. The monoisotopic (exact) mass is 329 g/mol. The zero-order chi connectivity index (χ0) is 15.5. The molecule has 0 radical (unpaired) electrons. The van der Waals surface area contributed by atoms with Crippen LogP contribution in [0.1, 0.15) is 23.6 Å². The van der Waals surface area contributed by atoms with Crippen molar-refractivity contribution in [3.05, 3.63) is 70.7 Å². The summed E-state index contributed by atoms with van der Waals surface area (Å²) in [6.07, 6.45) is 0.798. The minimum atomic E-state index is 0.0638. The van der Waals surface area contributed by atoms with Crippen LogP contribution in [0.4, 0.5) is 0 Å². The molecule has 1 atom stereocenters. The largest absolute Gasteiger partial charge is 0.364 e. The standard InChI is InChI=1S/C17H16ClN3S/c1-19-17(22)21-16(13-8-5-9-14(18)10-13)11-15(20-21)12-6-3-2-4-7-12/h2-10,16H,11H2,1H3,(H,19,22)/t16-/m0/s1. The van der Waals surface area contributed by atoms with Crippen molar-refractivity contribution in [3.63, 3.8) is 0 Å². The molecular weight excluding hydrogens is 314 g/mol. The van der Waals surface area contributed by atoms with E-state index >= 15 is 0 Å². The van der Waals surface area contributed by atoms with Gasteiger partial charge in [0.05, 0.1) is 11.8 Å². The molecule has 0 unspecified atom stereocenters. The van der Waals surface area contributed by atoms with Gasteiger partial charge in [0.1, 0.15) is 0 Å². The molecule has 3 rings (SSSR count). The SMILES string of the molecule is CNC(=S)N1N=C(c2ccccc2)C[C@H]1c1cccc(Cl)c1. The van der Waals surface area contributed by atoms with Gasteiger partial charge < -0.3 is 5.32 Å². The van der Waals surface area contributed by atoms with E-state index in [1.54, 1.807) is 0 Å². The first-order valence-corrected chi connectivity index (χ1v) is 7.87. The maximum atomic E-state index is 6.13. The fraction of sp³-hybridized carbons (Fsp3) is 0.176. The summed E-state index contributed by atoms with van der Waals surface area (Å²) in [5.41, 5.74) is 3.26. The molecule has 112 valence electrons. The Labute approximate surface area is 140 Å². The van der Waals surface area contributed by atoms with Crippen LogP contribution < -0.4 is 5.32 Å². The Morgan fingerprint density at radius 2 is 2.00 bits per heavy atom. The summed E-state index contributed by atoms with van der Waals surface area (Å²) in [5, 5.41) is 10.9. The number of nitrogens with zero attached hydrogens (tertiary/aromatic N) is 2. The molecule has 1 aliphatic rings. The second-order valence-corrected chi connectivity index (χ2v) is 5.91. The fourth-order valence-corrected chi connectivity index (χ4v) is 2.96. The lowest BCUT2D eigenvalue weighted by molar-refractivity contribution is 0.367. The average molecular weight is 330 g/mol. The molecule has 0 saturated carbocycles. The Bertz CT molecular complexity index is 715. The van der Waals surface area contributed by atoms with Crippen molar-refractivity contribution >= 4 is 34.6 Å². The normalized spacial score (nSPS) is 17.3. The smallest absolute Gasteiger partial charge is 0.189 e. The van der Waals surface area contributed by atoms with Gasteiger partial charge in [-0.25, -0.2) is 5.01 Å². The number of benzene rings is 2. The minimum absolute atomic E-state index is 0.0638. The highest BCUT2D eigenvalue weighted by molar-refractivity contribution is 7.80. The average Bonchev–Trinajstić information content (AvgIpc) is 3.00. The molecule has 1 heterocycles. The van der Waals surface area contributed by atoms with Gasteiger partial charge in [-0.15, -0.1) is 0 Å². The fourth-order valence-electron chi connectivity index (χ4n) is 2.59. The van der Waals surface area contributed by atoms with Crippen LogP contribution in [0, 0.1) is 0 Å². The van der Waals surface area contributed by atoms with Crippen LogP contribution in [-0.4, -0.2) is 22.9 Å². The molecule has 2 aromatic rings. The van der Waals surface area contributed by atoms with E-state index in [2.05, 4.69) is 23.5 Å². The molecule has 0 saturated heterocycles. The van der Waals surface area contributed by atoms with Crippen molar-refractivity contribution < 1.29 is 0 Å². The molecule has 0 fully saturated rings. The van der Waals surface area contributed by atoms with Crippen LogP contribution in [0.25, 0.3) is 0 Å². The molecule has 3 nitrogen and oxygen atoms in total. The van der Waals surface area contributed by atoms with Crippen LogP contribution in [-0.2, 0) is 0 Å². The highest BCUT2D eigenvalue weighted by Crippen LogP contribution is 2.33. The maximum absolute atomic E-state index is 6.13. The molecule has 2 aromatic carbocycles. The van der Waals surface area contributed by atoms with Gasteiger partial charge >= 0.3 is 0 Å². The third-order valence-corrected chi connectivity index (χ3v) is 4.30. The number of hydrogen-bond acceptors (Lipinski definition) is 2. The van der Waals surface area contributed by atoms with Crippen LogP contribution in [0.15, 0.2) is 59.7 Å². The summed E-state index contributed by atoms with van der Waals surface area (Å²) >= 11 is 11.5. The lowest BCUT2D eigenvalue weighted by Crippen LogP contribution is -2.34. The van der Waals surface area contributed by atoms with E-state index in [1.807, 2.05) is 48.5 Å². The Morgan fingerprint density at radius 3 is 2.68 bits per heavy atom. The zero-order valence-electron chi connectivity index (χ0n) is 12.2. The second-order valence-electron chi connectivity index (χ2n) is 5.09. The predicted molar refractivity (Wildman–Crippen MR) is 95.3 cm³/mol. The third kappa shape index (κ3) is 2.98. The second kappa shape index (κ2) is 6.46. The van der Waals surface area contributed by atoms with Crippen LogP contribution in [0.3, 0.4) is 0 Å². The highest BCUT2D eigenvalue weighted by Gasteiger charge is 2.31. The number of thiocarbonyl (C=S) groups is 1. The Kier molecular flexibility index (Phi) is 4.41. The third-order valence-electron chi connectivity index (χ3n) is 3.67. The maximum Gasteiger partial charge on any atom is 0.189 e. The Morgan fingerprint density at radius 1 is 1.23 bits per heavy atom. The van der Waals surface area contributed by atoms with Gasteiger partial charge in [-0.05, 0) is 35.5 Å². The highest BCUT2D eigenvalue weighted by atomic mass is 35.5. The van der Waals surface area contributed by atoms with Gasteiger partial charge in [-0.2, -0.15) is 5.10 Å². The van der Waals surface area contributed by atoms with E-state index in [4.69, 9.17) is 28.9 Å². The molecule has 1 aliphatic heterocycles. The molecule has 1 N–H and O–H groups in total. The molecule has 0 bridgehead atoms. The number of halogens is 1. The number of nitrogens with one attached hydrogen (secondary N) is 1. The summed E-state index contributed by atoms with van der Waals surface area (Å²) < 4.78 is 0. The van der Waals surface area contributed by atoms with Gasteiger partial charge in [-0.1, -0.05) is 54.1 Å². The molecular formula is C17H16ClN3S. The number of hydrazone groups is 1. The minimum Gasteiger partial charge on any atom is -0.364 e. The van der Waals surface area contributed by atoms with E-state index < -0.39 is 0 Å². The van der Waals surface area contributed by atoms with E-state index in [0.717, 1.165) is 28.3 Å². The number of rotatable bonds is 2. The van der Waals surface area contributed by atoms with E-state index in [-0.39, 0.29) is 6.04 Å². The summed E-state index contributed by atoms with van der Waals surface area (Å²) in [6.45, 7) is 0. The summed E-state index contributed by atoms with van der Waals surface area (Å²) in [7, 11) is 1.81. The summed E-state index contributed by atoms with van der Waals surface area (Å²) in [5.74, 6) is 0. The zero-order valence-corrected chi connectivity index (χ0v) is 13.7. The van der Waals surface area contributed by atoms with Crippen molar-refractivity contribution in [2.75, 3.05) is 7.05 Å². The van der Waals surface area contributed by atoms with Crippen molar-refractivity contribution in [1.82, 2.24) is 10.3 Å². The van der Waals surface area contributed by atoms with Crippen molar-refractivity contribution in [2.45, 2.75) is 12.5 Å². The summed E-state index contributed by atoms with van der Waals surface area (Å²) in [4.78, 5) is 0. The Hall–Kier alpha value is -1.91. The van der Waals surface area contributed by atoms with Crippen LogP contribution in [0.2, 0.25) is 5.02 Å². The van der Waals surface area contributed by atoms with Gasteiger partial charge in [0.25, 0.3) is 0 Å². The quantitative estimate of drug-likeness (QED) is 0.844. The summed E-state index contributed by atoms with van der Waals surface area (Å²) in [6, 6.07) is 18.1. The lowest BCUT2D eigenvalue weighted by atomic mass is 9.99. The predicted octanol–water partition coefficient (Wildman–Crippen LogP) is 4.00. The van der Waals surface area contributed by atoms with Crippen LogP contribution in [0.5, 0.6) is 0 Å². The van der Waals surface area contributed by atoms with Gasteiger partial charge in [0, 0.05) is 18.5 Å². The Balaban J connectivity index is 1.96. The van der Waals surface area contributed by atoms with Crippen molar-refractivity contribution in [1.29, 1.82) is 0 Å². The van der Waals surface area contributed by atoms with E-state index in [1.165, 1.54) is 0 Å².